The number of rotatable bonds is 2. The minimum atomic E-state index is -2.37. The second-order valence-corrected chi connectivity index (χ2v) is 5.42. The quantitative estimate of drug-likeness (QED) is 0.762. The minimum Gasteiger partial charge on any atom is -0.299 e. The number of hydrogen-bond donors (Lipinski definition) is 0. The number of likely N-dealkylation sites (tertiary alicyclic amines) is 1. The Morgan fingerprint density at radius 1 is 1.06 bits per heavy atom. The Labute approximate surface area is 100 Å². The maximum Gasteiger partial charge on any atom is 0.254 e. The number of piperidine rings is 1. The minimum absolute atomic E-state index is 0.124. The SMILES string of the molecule is FC1(F)CC12CCN(Cc1ccccc1)CC2. The van der Waals surface area contributed by atoms with E-state index in [1.165, 1.54) is 5.56 Å². The van der Waals surface area contributed by atoms with E-state index in [1.807, 2.05) is 18.2 Å². The highest BCUT2D eigenvalue weighted by Gasteiger charge is 2.70. The first-order chi connectivity index (χ1) is 8.11. The van der Waals surface area contributed by atoms with Crippen molar-refractivity contribution in [3.8, 4) is 0 Å². The molecule has 1 spiro atoms. The molecule has 92 valence electrons. The summed E-state index contributed by atoms with van der Waals surface area (Å²) in [5, 5.41) is 0. The summed E-state index contributed by atoms with van der Waals surface area (Å²) < 4.78 is 26.4. The Morgan fingerprint density at radius 2 is 1.65 bits per heavy atom. The van der Waals surface area contributed by atoms with E-state index in [0.29, 0.717) is 12.8 Å². The molecule has 1 aliphatic carbocycles. The highest BCUT2D eigenvalue weighted by atomic mass is 19.3. The molecule has 2 fully saturated rings. The Bertz CT molecular complexity index is 394. The van der Waals surface area contributed by atoms with Crippen LogP contribution >= 0.6 is 0 Å². The number of hydrogen-bond acceptors (Lipinski definition) is 1. The Hall–Kier alpha value is -0.960. The molecule has 17 heavy (non-hydrogen) atoms. The van der Waals surface area contributed by atoms with Crippen LogP contribution < -0.4 is 0 Å². The molecule has 1 aromatic carbocycles. The summed E-state index contributed by atoms with van der Waals surface area (Å²) in [5.41, 5.74) is 0.645. The van der Waals surface area contributed by atoms with Gasteiger partial charge in [-0.25, -0.2) is 8.78 Å². The molecule has 1 heterocycles. The molecule has 1 aliphatic heterocycles. The lowest BCUT2D eigenvalue weighted by Gasteiger charge is -2.32. The van der Waals surface area contributed by atoms with E-state index in [-0.39, 0.29) is 6.42 Å². The zero-order valence-electron chi connectivity index (χ0n) is 9.83. The van der Waals surface area contributed by atoms with E-state index in [4.69, 9.17) is 0 Å². The maximum atomic E-state index is 13.2. The van der Waals surface area contributed by atoms with Gasteiger partial charge in [0, 0.05) is 18.4 Å². The van der Waals surface area contributed by atoms with Crippen molar-refractivity contribution in [1.82, 2.24) is 4.90 Å². The number of nitrogens with zero attached hydrogens (tertiary/aromatic N) is 1. The highest BCUT2D eigenvalue weighted by molar-refractivity contribution is 5.16. The predicted molar refractivity (Wildman–Crippen MR) is 63.0 cm³/mol. The molecule has 0 amide bonds. The molecule has 0 N–H and O–H groups in total. The molecule has 0 aromatic heterocycles. The first kappa shape index (κ1) is 11.1. The van der Waals surface area contributed by atoms with Crippen molar-refractivity contribution in [3.63, 3.8) is 0 Å². The predicted octanol–water partition coefficient (Wildman–Crippen LogP) is 3.31. The molecule has 1 nitrogen and oxygen atoms in total. The van der Waals surface area contributed by atoms with Crippen molar-refractivity contribution in [2.24, 2.45) is 5.41 Å². The standard InChI is InChI=1S/C14H17F2N/c15-14(16)11-13(14)6-8-17(9-7-13)10-12-4-2-1-3-5-12/h1-5H,6-11H2. The third-order valence-corrected chi connectivity index (χ3v) is 4.27. The van der Waals surface area contributed by atoms with Crippen molar-refractivity contribution < 1.29 is 8.78 Å². The van der Waals surface area contributed by atoms with Gasteiger partial charge in [-0.2, -0.15) is 0 Å². The Balaban J connectivity index is 1.56. The summed E-state index contributed by atoms with van der Waals surface area (Å²) in [6, 6.07) is 10.2. The molecule has 0 radical (unpaired) electrons. The van der Waals surface area contributed by atoms with Gasteiger partial charge in [-0.15, -0.1) is 0 Å². The summed E-state index contributed by atoms with van der Waals surface area (Å²) in [5.74, 6) is -2.37. The van der Waals surface area contributed by atoms with Gasteiger partial charge in [0.1, 0.15) is 0 Å². The largest absolute Gasteiger partial charge is 0.299 e. The maximum absolute atomic E-state index is 13.2. The average Bonchev–Trinajstić information content (AvgIpc) is 2.85. The fourth-order valence-corrected chi connectivity index (χ4v) is 2.90. The summed E-state index contributed by atoms with van der Waals surface area (Å²) in [4.78, 5) is 2.29. The summed E-state index contributed by atoms with van der Waals surface area (Å²) >= 11 is 0. The van der Waals surface area contributed by atoms with Crippen molar-refractivity contribution >= 4 is 0 Å². The zero-order chi connectivity index (χ0) is 11.9. The van der Waals surface area contributed by atoms with Crippen LogP contribution in [0.4, 0.5) is 8.78 Å². The van der Waals surface area contributed by atoms with Gasteiger partial charge in [0.25, 0.3) is 5.92 Å². The zero-order valence-corrected chi connectivity index (χ0v) is 9.83. The summed E-state index contributed by atoms with van der Waals surface area (Å²) in [6.07, 6.45) is 1.44. The van der Waals surface area contributed by atoms with Crippen LogP contribution in [0.1, 0.15) is 24.8 Å². The fraction of sp³-hybridized carbons (Fsp3) is 0.571. The van der Waals surface area contributed by atoms with Gasteiger partial charge in [-0.3, -0.25) is 4.90 Å². The van der Waals surface area contributed by atoms with E-state index in [2.05, 4.69) is 17.0 Å². The van der Waals surface area contributed by atoms with Crippen molar-refractivity contribution in [3.05, 3.63) is 35.9 Å². The smallest absolute Gasteiger partial charge is 0.254 e. The number of halogens is 2. The van der Waals surface area contributed by atoms with Crippen LogP contribution in [0, 0.1) is 5.41 Å². The number of alkyl halides is 2. The monoisotopic (exact) mass is 237 g/mol. The Morgan fingerprint density at radius 3 is 2.18 bits per heavy atom. The molecule has 3 heteroatoms. The van der Waals surface area contributed by atoms with Crippen LogP contribution in [-0.4, -0.2) is 23.9 Å². The van der Waals surface area contributed by atoms with Crippen LogP contribution in [0.2, 0.25) is 0 Å². The molecule has 1 aromatic rings. The Kier molecular flexibility index (Phi) is 2.47. The lowest BCUT2D eigenvalue weighted by molar-refractivity contribution is 0.0300. The lowest BCUT2D eigenvalue weighted by Crippen LogP contribution is -2.36. The fourth-order valence-electron chi connectivity index (χ4n) is 2.90. The molecule has 0 atom stereocenters. The molecular weight excluding hydrogens is 220 g/mol. The van der Waals surface area contributed by atoms with Gasteiger partial charge in [-0.05, 0) is 31.5 Å². The highest BCUT2D eigenvalue weighted by Crippen LogP contribution is 2.65. The summed E-state index contributed by atoms with van der Waals surface area (Å²) in [6.45, 7) is 2.51. The third kappa shape index (κ3) is 1.97. The van der Waals surface area contributed by atoms with Gasteiger partial charge < -0.3 is 0 Å². The van der Waals surface area contributed by atoms with Crippen LogP contribution in [0.15, 0.2) is 30.3 Å². The number of benzene rings is 1. The normalized spacial score (nSPS) is 26.0. The van der Waals surface area contributed by atoms with Crippen LogP contribution in [0.5, 0.6) is 0 Å². The lowest BCUT2D eigenvalue weighted by atomic mass is 9.92. The van der Waals surface area contributed by atoms with Gasteiger partial charge in [0.15, 0.2) is 0 Å². The molecule has 2 aliphatic rings. The molecule has 0 bridgehead atoms. The van der Waals surface area contributed by atoms with Crippen LogP contribution in [-0.2, 0) is 6.54 Å². The van der Waals surface area contributed by atoms with Crippen molar-refractivity contribution in [2.45, 2.75) is 31.7 Å². The first-order valence-electron chi connectivity index (χ1n) is 6.26. The molecule has 3 rings (SSSR count). The molecular formula is C14H17F2N. The van der Waals surface area contributed by atoms with Crippen molar-refractivity contribution in [1.29, 1.82) is 0 Å². The second kappa shape index (κ2) is 3.77. The van der Waals surface area contributed by atoms with E-state index < -0.39 is 11.3 Å². The van der Waals surface area contributed by atoms with Gasteiger partial charge >= 0.3 is 0 Å². The van der Waals surface area contributed by atoms with E-state index >= 15 is 0 Å². The average molecular weight is 237 g/mol. The summed E-state index contributed by atoms with van der Waals surface area (Å²) in [7, 11) is 0. The molecule has 1 saturated heterocycles. The van der Waals surface area contributed by atoms with E-state index in [1.54, 1.807) is 0 Å². The van der Waals surface area contributed by atoms with Gasteiger partial charge in [-0.1, -0.05) is 30.3 Å². The van der Waals surface area contributed by atoms with Crippen molar-refractivity contribution in [2.75, 3.05) is 13.1 Å². The first-order valence-corrected chi connectivity index (χ1v) is 6.26. The van der Waals surface area contributed by atoms with Crippen LogP contribution in [0.3, 0.4) is 0 Å². The second-order valence-electron chi connectivity index (χ2n) is 5.42. The van der Waals surface area contributed by atoms with E-state index in [9.17, 15) is 8.78 Å². The van der Waals surface area contributed by atoms with Crippen LogP contribution in [0.25, 0.3) is 0 Å². The molecule has 0 unspecified atom stereocenters. The topological polar surface area (TPSA) is 3.24 Å². The van der Waals surface area contributed by atoms with E-state index in [0.717, 1.165) is 19.6 Å². The molecule has 1 saturated carbocycles. The third-order valence-electron chi connectivity index (χ3n) is 4.27. The van der Waals surface area contributed by atoms with Gasteiger partial charge in [0.05, 0.1) is 0 Å². The van der Waals surface area contributed by atoms with Gasteiger partial charge in [0.2, 0.25) is 0 Å².